The van der Waals surface area contributed by atoms with Gasteiger partial charge in [-0.15, -0.1) is 0 Å². The van der Waals surface area contributed by atoms with E-state index in [0.717, 1.165) is 39.8 Å². The number of hydrogen-bond acceptors (Lipinski definition) is 16. The Kier molecular flexibility index (Phi) is 12.3. The number of fused-ring (bicyclic) bond motifs is 2. The monoisotopic (exact) mass is 963 g/mol. The Labute approximate surface area is 398 Å². The van der Waals surface area contributed by atoms with Crippen molar-refractivity contribution in [3.63, 3.8) is 0 Å². The number of nitrogens with one attached hydrogen (secondary N) is 2. The molecule has 69 heavy (non-hydrogen) atoms. The van der Waals surface area contributed by atoms with Gasteiger partial charge in [0.25, 0.3) is 11.8 Å². The number of halogens is 1. The number of anilines is 5. The van der Waals surface area contributed by atoms with Gasteiger partial charge < -0.3 is 29.7 Å². The normalized spacial score (nSPS) is 25.5. The first-order valence-corrected chi connectivity index (χ1v) is 25.6. The first-order chi connectivity index (χ1) is 33.1. The number of nitrogens with zero attached hydrogens (tertiary/aromatic N) is 9. The van der Waals surface area contributed by atoms with Crippen LogP contribution in [0.15, 0.2) is 61.6 Å². The van der Waals surface area contributed by atoms with E-state index in [2.05, 4.69) is 32.0 Å². The number of piperidine rings is 3. The number of carbonyl (C=O) groups excluding carboxylic acids is 5. The predicted molar refractivity (Wildman–Crippen MR) is 254 cm³/mol. The fraction of sp³-hybridized carbons (Fsp3) is 0.479. The summed E-state index contributed by atoms with van der Waals surface area (Å²) in [6, 6.07) is 7.40. The Bertz CT molecular complexity index is 2880. The van der Waals surface area contributed by atoms with Crippen LogP contribution in [-0.4, -0.2) is 149 Å². The molecule has 0 aliphatic carbocycles. The van der Waals surface area contributed by atoms with Crippen LogP contribution in [0.3, 0.4) is 0 Å². The third-order valence-corrected chi connectivity index (χ3v) is 15.5. The number of amides is 5. The molecular formula is C48H54FN11O8S. The van der Waals surface area contributed by atoms with Gasteiger partial charge in [-0.25, -0.2) is 27.8 Å². The Morgan fingerprint density at radius 2 is 1.68 bits per heavy atom. The summed E-state index contributed by atoms with van der Waals surface area (Å²) in [5.41, 5.74) is 2.08. The first kappa shape index (κ1) is 46.1. The molecule has 6 aliphatic rings. The molecule has 21 heteroatoms. The van der Waals surface area contributed by atoms with Crippen molar-refractivity contribution in [2.45, 2.75) is 88.4 Å². The van der Waals surface area contributed by atoms with Crippen molar-refractivity contribution in [2.75, 3.05) is 71.3 Å². The summed E-state index contributed by atoms with van der Waals surface area (Å²) in [6.07, 6.45) is 9.09. The first-order valence-electron chi connectivity index (χ1n) is 23.5. The predicted octanol–water partition coefficient (Wildman–Crippen LogP) is 3.89. The molecule has 2 N–H and O–H groups in total. The number of aromatic nitrogens is 4. The zero-order chi connectivity index (χ0) is 48.3. The second-order valence-electron chi connectivity index (χ2n) is 18.9. The molecule has 19 nitrogen and oxygen atoms in total. The second-order valence-corrected chi connectivity index (χ2v) is 21.1. The molecule has 5 amide bonds. The van der Waals surface area contributed by atoms with Crippen molar-refractivity contribution in [2.24, 2.45) is 5.92 Å². The molecule has 9 heterocycles. The number of benzene rings is 1. The van der Waals surface area contributed by atoms with Gasteiger partial charge in [0, 0.05) is 92.6 Å². The summed E-state index contributed by atoms with van der Waals surface area (Å²) in [5, 5.41) is 7.17. The van der Waals surface area contributed by atoms with Crippen LogP contribution in [0, 0.1) is 5.92 Å². The highest BCUT2D eigenvalue weighted by atomic mass is 32.2. The van der Waals surface area contributed by atoms with Crippen LogP contribution in [0.25, 0.3) is 10.8 Å². The van der Waals surface area contributed by atoms with Crippen LogP contribution in [0.4, 0.5) is 33.5 Å². The van der Waals surface area contributed by atoms with E-state index in [4.69, 9.17) is 19.7 Å². The van der Waals surface area contributed by atoms with E-state index in [9.17, 15) is 32.4 Å². The van der Waals surface area contributed by atoms with Crippen molar-refractivity contribution < 1.29 is 41.5 Å². The van der Waals surface area contributed by atoms with Gasteiger partial charge in [0.15, 0.2) is 0 Å². The highest BCUT2D eigenvalue weighted by Crippen LogP contribution is 2.42. The topological polar surface area (TPSA) is 221 Å². The maximum atomic E-state index is 16.0. The Morgan fingerprint density at radius 1 is 0.899 bits per heavy atom. The van der Waals surface area contributed by atoms with Gasteiger partial charge in [-0.3, -0.25) is 34.2 Å². The summed E-state index contributed by atoms with van der Waals surface area (Å²) in [6.45, 7) is 8.55. The third-order valence-electron chi connectivity index (χ3n) is 14.5. The summed E-state index contributed by atoms with van der Waals surface area (Å²) in [5.74, 6) is -0.258. The molecule has 0 radical (unpaired) electrons. The molecule has 0 saturated carbocycles. The number of pyridine rings is 2. The van der Waals surface area contributed by atoms with Crippen LogP contribution < -0.4 is 25.3 Å². The third kappa shape index (κ3) is 8.97. The van der Waals surface area contributed by atoms with Crippen LogP contribution in [-0.2, 0) is 29.0 Å². The van der Waals surface area contributed by atoms with Crippen LogP contribution in [0.5, 0.6) is 0 Å². The Hall–Kier alpha value is -6.61. The molecule has 5 saturated heterocycles. The van der Waals surface area contributed by atoms with Crippen molar-refractivity contribution in [1.29, 1.82) is 0 Å². The van der Waals surface area contributed by atoms with E-state index in [-0.39, 0.29) is 66.3 Å². The van der Waals surface area contributed by atoms with E-state index in [1.54, 1.807) is 41.6 Å². The molecule has 362 valence electrons. The number of rotatable bonds is 12. The highest BCUT2D eigenvalue weighted by molar-refractivity contribution is 7.90. The number of imide groups is 2. The zero-order valence-corrected chi connectivity index (χ0v) is 39.2. The minimum atomic E-state index is -3.15. The maximum Gasteiger partial charge on any atom is 0.262 e. The van der Waals surface area contributed by atoms with Crippen LogP contribution >= 0.6 is 0 Å². The van der Waals surface area contributed by atoms with E-state index < -0.39 is 51.8 Å². The number of hydrogen-bond donors (Lipinski definition) is 2. The average molecular weight is 964 g/mol. The lowest BCUT2D eigenvalue weighted by atomic mass is 9.90. The molecule has 3 aromatic heterocycles. The number of ether oxygens (including phenoxy) is 1. The molecule has 5 fully saturated rings. The van der Waals surface area contributed by atoms with Gasteiger partial charge >= 0.3 is 0 Å². The smallest absolute Gasteiger partial charge is 0.262 e. The van der Waals surface area contributed by atoms with Gasteiger partial charge in [0.05, 0.1) is 41.7 Å². The molecular weight excluding hydrogens is 910 g/mol. The van der Waals surface area contributed by atoms with E-state index in [1.165, 1.54) is 12.3 Å². The molecule has 4 aromatic rings. The summed E-state index contributed by atoms with van der Waals surface area (Å²) in [4.78, 5) is 91.3. The zero-order valence-electron chi connectivity index (χ0n) is 38.4. The van der Waals surface area contributed by atoms with Gasteiger partial charge in [0.2, 0.25) is 23.7 Å². The summed E-state index contributed by atoms with van der Waals surface area (Å²) >= 11 is 0. The lowest BCUT2D eigenvalue weighted by Crippen LogP contribution is -2.57. The SMILES string of the molecule is C=CC(=O)N1CCCC1c1cnc(N2C[C@H](CS(C)(=O)=O)[C@H]2C)c2cnc(Nc3ccnc(N4CC[C@@H](OC5CCN(c6ccc7c(c6)C(=O)N(C6CCC(=O)NC6=O)C7=O)CC5)[C@@H](F)C4)n3)cc12. The molecule has 10 rings (SSSR count). The van der Waals surface area contributed by atoms with Crippen LogP contribution in [0.2, 0.25) is 0 Å². The fourth-order valence-corrected chi connectivity index (χ4v) is 12.0. The van der Waals surface area contributed by atoms with Gasteiger partial charge in [-0.05, 0) is 87.2 Å². The van der Waals surface area contributed by atoms with Crippen LogP contribution in [0.1, 0.15) is 84.2 Å². The Balaban J connectivity index is 0.774. The van der Waals surface area contributed by atoms with Gasteiger partial charge in [-0.1, -0.05) is 6.58 Å². The molecule has 0 bridgehead atoms. The van der Waals surface area contributed by atoms with E-state index >= 15 is 4.39 Å². The number of carbonyl (C=O) groups is 5. The van der Waals surface area contributed by atoms with Crippen molar-refractivity contribution in [3.05, 3.63) is 78.3 Å². The lowest BCUT2D eigenvalue weighted by molar-refractivity contribution is -0.136. The van der Waals surface area contributed by atoms with Crippen molar-refractivity contribution in [3.8, 4) is 0 Å². The highest BCUT2D eigenvalue weighted by Gasteiger charge is 2.45. The maximum absolute atomic E-state index is 16.0. The standard InChI is InChI=1S/C48H54FN11O8S/c1-4-43(62)58-16-5-6-37(58)34-22-52-44(59-24-28(27(59)2)26-69(3,66)67)35-23-51-41(21-32(34)35)53-40-11-15-50-48(54-40)57-19-14-39(36(49)25-57)68-30-12-17-56(18-13-30)29-7-8-31-33(20-29)47(65)60(46(31)64)38-9-10-42(61)55-45(38)63/h4,7-8,11,15,20-23,27-28,30,36-39H,1,5-6,9-10,12-14,16-19,24-26H2,2-3H3,(H,55,61,63)(H,50,51,53,54)/t27-,28-,36+,37?,38?,39-/m1/s1. The van der Waals surface area contributed by atoms with E-state index in [1.807, 2.05) is 24.1 Å². The molecule has 2 unspecified atom stereocenters. The molecule has 1 aromatic carbocycles. The minimum absolute atomic E-state index is 0.0254. The Morgan fingerprint density at radius 3 is 2.42 bits per heavy atom. The fourth-order valence-electron chi connectivity index (χ4n) is 10.8. The minimum Gasteiger partial charge on any atom is -0.372 e. The largest absolute Gasteiger partial charge is 0.372 e. The second kappa shape index (κ2) is 18.4. The van der Waals surface area contributed by atoms with Crippen molar-refractivity contribution in [1.82, 2.24) is 35.1 Å². The van der Waals surface area contributed by atoms with Crippen molar-refractivity contribution >= 4 is 79.2 Å². The molecule has 6 atom stereocenters. The summed E-state index contributed by atoms with van der Waals surface area (Å²) in [7, 11) is -3.15. The van der Waals surface area contributed by atoms with Gasteiger partial charge in [-0.2, -0.15) is 4.98 Å². The number of likely N-dealkylation sites (tertiary alicyclic amines) is 1. The molecule has 6 aliphatic heterocycles. The average Bonchev–Trinajstić information content (AvgIpc) is 3.92. The summed E-state index contributed by atoms with van der Waals surface area (Å²) < 4.78 is 46.5. The number of sulfone groups is 1. The van der Waals surface area contributed by atoms with E-state index in [0.29, 0.717) is 75.4 Å². The quantitative estimate of drug-likeness (QED) is 0.152. The lowest BCUT2D eigenvalue weighted by Gasteiger charge is -2.47. The molecule has 0 spiro atoms. The van der Waals surface area contributed by atoms with Gasteiger partial charge in [0.1, 0.15) is 39.5 Å². The number of alkyl halides is 1.